The normalized spacial score (nSPS) is 24.7. The summed E-state index contributed by atoms with van der Waals surface area (Å²) in [7, 11) is 1.41. The fraction of sp³-hybridized carbons (Fsp3) is 0.500. The van der Waals surface area contributed by atoms with E-state index in [1.165, 1.54) is 13.2 Å². The van der Waals surface area contributed by atoms with Crippen LogP contribution >= 0.6 is 0 Å². The molecule has 1 saturated heterocycles. The molecule has 88 valence electrons. The Morgan fingerprint density at radius 2 is 2.31 bits per heavy atom. The highest BCUT2D eigenvalue weighted by atomic mass is 19.1. The molecule has 0 bridgehead atoms. The highest BCUT2D eigenvalue weighted by Crippen LogP contribution is 2.28. The quantitative estimate of drug-likeness (QED) is 0.853. The van der Waals surface area contributed by atoms with Gasteiger partial charge in [-0.05, 0) is 24.6 Å². The standard InChI is InChI=1S/C12H15F2NO/c1-16-10-4-2-3-9(11(10)13)7-12(14)5-6-15-8-12/h2-4,15H,5-8H2,1H3. The maximum atomic E-state index is 14.1. The van der Waals surface area contributed by atoms with E-state index in [1.807, 2.05) is 0 Å². The van der Waals surface area contributed by atoms with Gasteiger partial charge >= 0.3 is 0 Å². The van der Waals surface area contributed by atoms with Crippen LogP contribution in [0.25, 0.3) is 0 Å². The molecule has 4 heteroatoms. The van der Waals surface area contributed by atoms with Crippen LogP contribution in [-0.4, -0.2) is 25.9 Å². The van der Waals surface area contributed by atoms with Crippen LogP contribution in [0.1, 0.15) is 12.0 Å². The minimum absolute atomic E-state index is 0.100. The van der Waals surface area contributed by atoms with Crippen LogP contribution in [-0.2, 0) is 6.42 Å². The van der Waals surface area contributed by atoms with E-state index in [2.05, 4.69) is 5.32 Å². The number of alkyl halides is 1. The average Bonchev–Trinajstić information content (AvgIpc) is 2.68. The first-order valence-electron chi connectivity index (χ1n) is 5.36. The first-order valence-corrected chi connectivity index (χ1v) is 5.36. The van der Waals surface area contributed by atoms with Gasteiger partial charge in [-0.15, -0.1) is 0 Å². The summed E-state index contributed by atoms with van der Waals surface area (Å²) < 4.78 is 32.8. The molecule has 1 atom stereocenters. The smallest absolute Gasteiger partial charge is 0.168 e. The van der Waals surface area contributed by atoms with Crippen LogP contribution in [0, 0.1) is 5.82 Å². The van der Waals surface area contributed by atoms with Crippen molar-refractivity contribution in [3.8, 4) is 5.75 Å². The van der Waals surface area contributed by atoms with Gasteiger partial charge in [0.05, 0.1) is 7.11 Å². The Balaban J connectivity index is 2.21. The zero-order valence-corrected chi connectivity index (χ0v) is 9.22. The molecular formula is C12H15F2NO. The molecule has 0 aliphatic carbocycles. The Kier molecular flexibility index (Phi) is 3.10. The molecule has 16 heavy (non-hydrogen) atoms. The molecule has 1 unspecified atom stereocenters. The van der Waals surface area contributed by atoms with Crippen LogP contribution < -0.4 is 10.1 Å². The number of benzene rings is 1. The first-order chi connectivity index (χ1) is 7.64. The highest BCUT2D eigenvalue weighted by molar-refractivity contribution is 5.32. The fourth-order valence-electron chi connectivity index (χ4n) is 2.06. The molecule has 1 aromatic rings. The van der Waals surface area contributed by atoms with E-state index in [9.17, 15) is 8.78 Å². The number of hydrogen-bond donors (Lipinski definition) is 1. The second-order valence-electron chi connectivity index (χ2n) is 4.19. The molecule has 0 radical (unpaired) electrons. The van der Waals surface area contributed by atoms with Crippen LogP contribution in [0.4, 0.5) is 8.78 Å². The molecule has 0 amide bonds. The summed E-state index contributed by atoms with van der Waals surface area (Å²) in [5.41, 5.74) is -0.946. The van der Waals surface area contributed by atoms with Crippen LogP contribution in [0.5, 0.6) is 5.75 Å². The van der Waals surface area contributed by atoms with E-state index >= 15 is 0 Å². The maximum Gasteiger partial charge on any atom is 0.168 e. The molecule has 2 nitrogen and oxygen atoms in total. The summed E-state index contributed by atoms with van der Waals surface area (Å²) in [6.07, 6.45) is 0.534. The predicted molar refractivity (Wildman–Crippen MR) is 58.0 cm³/mol. The van der Waals surface area contributed by atoms with E-state index in [0.29, 0.717) is 25.1 Å². The molecule has 0 aromatic heterocycles. The Bertz CT molecular complexity index is 375. The fourth-order valence-corrected chi connectivity index (χ4v) is 2.06. The zero-order chi connectivity index (χ0) is 11.6. The molecule has 1 fully saturated rings. The third kappa shape index (κ3) is 2.16. The minimum atomic E-state index is -1.33. The van der Waals surface area contributed by atoms with Crippen molar-refractivity contribution in [2.75, 3.05) is 20.2 Å². The lowest BCUT2D eigenvalue weighted by molar-refractivity contribution is 0.188. The number of halogens is 2. The zero-order valence-electron chi connectivity index (χ0n) is 9.22. The molecule has 0 saturated carbocycles. The largest absolute Gasteiger partial charge is 0.494 e. The maximum absolute atomic E-state index is 14.1. The molecule has 2 rings (SSSR count). The van der Waals surface area contributed by atoms with Gasteiger partial charge in [0.1, 0.15) is 5.67 Å². The van der Waals surface area contributed by atoms with Crippen molar-refractivity contribution in [3.63, 3.8) is 0 Å². The first kappa shape index (κ1) is 11.3. The summed E-state index contributed by atoms with van der Waals surface area (Å²) in [6.45, 7) is 0.950. The second kappa shape index (κ2) is 4.37. The van der Waals surface area contributed by atoms with E-state index in [1.54, 1.807) is 12.1 Å². The number of methoxy groups -OCH3 is 1. The monoisotopic (exact) mass is 227 g/mol. The van der Waals surface area contributed by atoms with Gasteiger partial charge in [-0.25, -0.2) is 8.78 Å². The Morgan fingerprint density at radius 1 is 1.50 bits per heavy atom. The Morgan fingerprint density at radius 3 is 2.94 bits per heavy atom. The molecule has 1 aliphatic rings. The van der Waals surface area contributed by atoms with Gasteiger partial charge in [0.25, 0.3) is 0 Å². The van der Waals surface area contributed by atoms with Gasteiger partial charge in [0, 0.05) is 13.0 Å². The van der Waals surface area contributed by atoms with Gasteiger partial charge in [0.15, 0.2) is 11.6 Å². The van der Waals surface area contributed by atoms with Gasteiger partial charge in [-0.2, -0.15) is 0 Å². The number of ether oxygens (including phenoxy) is 1. The summed E-state index contributed by atoms with van der Waals surface area (Å²) in [5.74, 6) is -0.277. The van der Waals surface area contributed by atoms with Crippen LogP contribution in [0.3, 0.4) is 0 Å². The molecule has 1 N–H and O–H groups in total. The van der Waals surface area contributed by atoms with E-state index in [-0.39, 0.29) is 12.2 Å². The Hall–Kier alpha value is -1.16. The van der Waals surface area contributed by atoms with Gasteiger partial charge in [-0.1, -0.05) is 12.1 Å². The van der Waals surface area contributed by atoms with E-state index < -0.39 is 11.5 Å². The lowest BCUT2D eigenvalue weighted by atomic mass is 9.95. The lowest BCUT2D eigenvalue weighted by Crippen LogP contribution is -2.29. The van der Waals surface area contributed by atoms with Gasteiger partial charge in [-0.3, -0.25) is 0 Å². The van der Waals surface area contributed by atoms with Crippen molar-refractivity contribution >= 4 is 0 Å². The van der Waals surface area contributed by atoms with E-state index in [4.69, 9.17) is 4.74 Å². The third-order valence-corrected chi connectivity index (χ3v) is 2.96. The van der Waals surface area contributed by atoms with E-state index in [0.717, 1.165) is 0 Å². The SMILES string of the molecule is COc1cccc(CC2(F)CCNC2)c1F. The summed E-state index contributed by atoms with van der Waals surface area (Å²) in [5, 5.41) is 2.95. The van der Waals surface area contributed by atoms with Crippen molar-refractivity contribution in [3.05, 3.63) is 29.6 Å². The molecular weight excluding hydrogens is 212 g/mol. The molecule has 1 aromatic carbocycles. The van der Waals surface area contributed by atoms with Crippen molar-refractivity contribution in [1.29, 1.82) is 0 Å². The van der Waals surface area contributed by atoms with Crippen LogP contribution in [0.15, 0.2) is 18.2 Å². The number of nitrogens with one attached hydrogen (secondary N) is 1. The molecule has 1 heterocycles. The molecule has 1 aliphatic heterocycles. The highest BCUT2D eigenvalue weighted by Gasteiger charge is 2.34. The predicted octanol–water partition coefficient (Wildman–Crippen LogP) is 2.08. The summed E-state index contributed by atoms with van der Waals surface area (Å²) in [4.78, 5) is 0. The number of hydrogen-bond acceptors (Lipinski definition) is 2. The lowest BCUT2D eigenvalue weighted by Gasteiger charge is -2.18. The van der Waals surface area contributed by atoms with Crippen molar-refractivity contribution in [2.24, 2.45) is 0 Å². The summed E-state index contributed by atoms with van der Waals surface area (Å²) >= 11 is 0. The summed E-state index contributed by atoms with van der Waals surface area (Å²) in [6, 6.07) is 4.83. The van der Waals surface area contributed by atoms with Crippen LogP contribution in [0.2, 0.25) is 0 Å². The topological polar surface area (TPSA) is 21.3 Å². The van der Waals surface area contributed by atoms with Crippen molar-refractivity contribution < 1.29 is 13.5 Å². The van der Waals surface area contributed by atoms with Gasteiger partial charge < -0.3 is 10.1 Å². The van der Waals surface area contributed by atoms with Crippen molar-refractivity contribution in [2.45, 2.75) is 18.5 Å². The third-order valence-electron chi connectivity index (χ3n) is 2.96. The average molecular weight is 227 g/mol. The van der Waals surface area contributed by atoms with Crippen molar-refractivity contribution in [1.82, 2.24) is 5.32 Å². The van der Waals surface area contributed by atoms with Gasteiger partial charge in [0.2, 0.25) is 0 Å². The Labute approximate surface area is 93.6 Å². The molecule has 0 spiro atoms. The second-order valence-corrected chi connectivity index (χ2v) is 4.19. The minimum Gasteiger partial charge on any atom is -0.494 e. The number of rotatable bonds is 3.